The van der Waals surface area contributed by atoms with Crippen molar-refractivity contribution in [3.8, 4) is 0 Å². The lowest BCUT2D eigenvalue weighted by Crippen LogP contribution is -2.16. The van der Waals surface area contributed by atoms with Crippen molar-refractivity contribution in [3.05, 3.63) is 34.5 Å². The van der Waals surface area contributed by atoms with Gasteiger partial charge in [0.2, 0.25) is 0 Å². The summed E-state index contributed by atoms with van der Waals surface area (Å²) in [7, 11) is 0. The van der Waals surface area contributed by atoms with Crippen molar-refractivity contribution in [3.63, 3.8) is 0 Å². The van der Waals surface area contributed by atoms with Crippen molar-refractivity contribution in [2.75, 3.05) is 13.2 Å². The Kier molecular flexibility index (Phi) is 2.23. The molecule has 0 amide bonds. The van der Waals surface area contributed by atoms with Gasteiger partial charge in [-0.25, -0.2) is 4.98 Å². The Morgan fingerprint density at radius 3 is 3.15 bits per heavy atom. The van der Waals surface area contributed by atoms with Gasteiger partial charge in [0.15, 0.2) is 0 Å². The first-order valence-corrected chi connectivity index (χ1v) is 4.19. The van der Waals surface area contributed by atoms with Crippen LogP contribution in [0.4, 0.5) is 0 Å². The van der Waals surface area contributed by atoms with E-state index in [9.17, 15) is 4.79 Å². The first kappa shape index (κ1) is 8.19. The highest BCUT2D eigenvalue weighted by Gasteiger charge is 2.10. The highest BCUT2D eigenvalue weighted by molar-refractivity contribution is 5.62. The van der Waals surface area contributed by atoms with E-state index in [1.54, 1.807) is 6.20 Å². The van der Waals surface area contributed by atoms with Crippen LogP contribution in [0, 0.1) is 0 Å². The molecule has 0 fully saturated rings. The van der Waals surface area contributed by atoms with E-state index in [4.69, 9.17) is 4.74 Å². The predicted molar refractivity (Wildman–Crippen MR) is 48.3 cm³/mol. The monoisotopic (exact) mass is 178 g/mol. The Morgan fingerprint density at radius 2 is 2.46 bits per heavy atom. The SMILES string of the molecule is O=c1[nH]ccnc1C1=CCOCC1. The molecule has 4 nitrogen and oxygen atoms in total. The third kappa shape index (κ3) is 1.67. The maximum Gasteiger partial charge on any atom is 0.274 e. The molecule has 0 unspecified atom stereocenters. The van der Waals surface area contributed by atoms with E-state index in [2.05, 4.69) is 9.97 Å². The van der Waals surface area contributed by atoms with E-state index in [1.807, 2.05) is 6.08 Å². The molecule has 0 aliphatic carbocycles. The van der Waals surface area contributed by atoms with Crippen LogP contribution in [0.3, 0.4) is 0 Å². The van der Waals surface area contributed by atoms with Crippen molar-refractivity contribution < 1.29 is 4.74 Å². The van der Waals surface area contributed by atoms with Crippen LogP contribution in [0.25, 0.3) is 5.57 Å². The van der Waals surface area contributed by atoms with Gasteiger partial charge in [0.25, 0.3) is 5.56 Å². The van der Waals surface area contributed by atoms with E-state index in [0.717, 1.165) is 12.0 Å². The Morgan fingerprint density at radius 1 is 1.54 bits per heavy atom. The molecule has 1 aromatic rings. The third-order valence-electron chi connectivity index (χ3n) is 1.98. The normalized spacial score (nSPS) is 16.8. The molecule has 0 spiro atoms. The molecule has 0 saturated carbocycles. The molecule has 0 radical (unpaired) electrons. The largest absolute Gasteiger partial charge is 0.377 e. The maximum atomic E-state index is 11.3. The van der Waals surface area contributed by atoms with Crippen molar-refractivity contribution >= 4 is 5.57 Å². The van der Waals surface area contributed by atoms with Gasteiger partial charge in [-0.3, -0.25) is 4.79 Å². The second kappa shape index (κ2) is 3.53. The summed E-state index contributed by atoms with van der Waals surface area (Å²) in [6.07, 6.45) is 5.79. The first-order chi connectivity index (χ1) is 6.38. The predicted octanol–water partition coefficient (Wildman–Crippen LogP) is 0.574. The average molecular weight is 178 g/mol. The summed E-state index contributed by atoms with van der Waals surface area (Å²) in [5.74, 6) is 0. The molecular formula is C9H10N2O2. The fourth-order valence-corrected chi connectivity index (χ4v) is 1.32. The topological polar surface area (TPSA) is 55.0 Å². The Balaban J connectivity index is 2.40. The molecule has 1 aliphatic heterocycles. The van der Waals surface area contributed by atoms with Crippen LogP contribution in [0.15, 0.2) is 23.3 Å². The number of nitrogens with zero attached hydrogens (tertiary/aromatic N) is 1. The molecule has 1 aliphatic rings. The lowest BCUT2D eigenvalue weighted by Gasteiger charge is -2.11. The van der Waals surface area contributed by atoms with Gasteiger partial charge >= 0.3 is 0 Å². The molecule has 1 aromatic heterocycles. The van der Waals surface area contributed by atoms with E-state index < -0.39 is 0 Å². The van der Waals surface area contributed by atoms with E-state index >= 15 is 0 Å². The standard InChI is InChI=1S/C9H10N2O2/c12-9-8(10-3-4-11-9)7-1-5-13-6-2-7/h1,3-4H,2,5-6H2,(H,11,12). The summed E-state index contributed by atoms with van der Waals surface area (Å²) in [6.45, 7) is 1.24. The van der Waals surface area contributed by atoms with Crippen LogP contribution in [-0.4, -0.2) is 23.2 Å². The van der Waals surface area contributed by atoms with Crippen molar-refractivity contribution in [2.24, 2.45) is 0 Å². The summed E-state index contributed by atoms with van der Waals surface area (Å²) in [5, 5.41) is 0. The fourth-order valence-electron chi connectivity index (χ4n) is 1.32. The van der Waals surface area contributed by atoms with Crippen LogP contribution in [0.5, 0.6) is 0 Å². The van der Waals surface area contributed by atoms with Gasteiger partial charge < -0.3 is 9.72 Å². The number of nitrogens with one attached hydrogen (secondary N) is 1. The lowest BCUT2D eigenvalue weighted by atomic mass is 10.1. The summed E-state index contributed by atoms with van der Waals surface area (Å²) in [5.41, 5.74) is 1.37. The van der Waals surface area contributed by atoms with E-state index in [-0.39, 0.29) is 5.56 Å². The van der Waals surface area contributed by atoms with Crippen molar-refractivity contribution in [1.82, 2.24) is 9.97 Å². The van der Waals surface area contributed by atoms with Gasteiger partial charge in [-0.2, -0.15) is 0 Å². The number of hydrogen-bond donors (Lipinski definition) is 1. The summed E-state index contributed by atoms with van der Waals surface area (Å²) < 4.78 is 5.14. The molecule has 68 valence electrons. The van der Waals surface area contributed by atoms with Crippen LogP contribution < -0.4 is 5.56 Å². The maximum absolute atomic E-state index is 11.3. The minimum atomic E-state index is -0.129. The molecule has 0 saturated heterocycles. The number of aromatic nitrogens is 2. The smallest absolute Gasteiger partial charge is 0.274 e. The zero-order chi connectivity index (χ0) is 9.10. The van der Waals surface area contributed by atoms with Crippen LogP contribution in [0.1, 0.15) is 12.1 Å². The minimum absolute atomic E-state index is 0.129. The molecule has 13 heavy (non-hydrogen) atoms. The molecule has 2 rings (SSSR count). The van der Waals surface area contributed by atoms with Gasteiger partial charge in [0.1, 0.15) is 5.69 Å². The Hall–Kier alpha value is -1.42. The molecule has 0 bridgehead atoms. The van der Waals surface area contributed by atoms with Crippen LogP contribution in [0.2, 0.25) is 0 Å². The summed E-state index contributed by atoms with van der Waals surface area (Å²) in [6, 6.07) is 0. The molecule has 0 atom stereocenters. The quantitative estimate of drug-likeness (QED) is 0.684. The average Bonchev–Trinajstić information content (AvgIpc) is 2.20. The number of aromatic amines is 1. The summed E-state index contributed by atoms with van der Waals surface area (Å²) in [4.78, 5) is 18.0. The Labute approximate surface area is 75.3 Å². The molecule has 0 aromatic carbocycles. The Bertz CT molecular complexity index is 381. The van der Waals surface area contributed by atoms with E-state index in [0.29, 0.717) is 18.9 Å². The molecule has 4 heteroatoms. The van der Waals surface area contributed by atoms with Gasteiger partial charge in [0.05, 0.1) is 13.2 Å². The molecule has 2 heterocycles. The number of ether oxygens (including phenoxy) is 1. The van der Waals surface area contributed by atoms with Crippen LogP contribution in [-0.2, 0) is 4.74 Å². The van der Waals surface area contributed by atoms with E-state index in [1.165, 1.54) is 6.20 Å². The van der Waals surface area contributed by atoms with Gasteiger partial charge in [-0.05, 0) is 12.0 Å². The first-order valence-electron chi connectivity index (χ1n) is 4.19. The summed E-state index contributed by atoms with van der Waals surface area (Å²) >= 11 is 0. The van der Waals surface area contributed by atoms with Gasteiger partial charge in [-0.1, -0.05) is 6.08 Å². The van der Waals surface area contributed by atoms with Crippen molar-refractivity contribution in [1.29, 1.82) is 0 Å². The number of H-pyrrole nitrogens is 1. The highest BCUT2D eigenvalue weighted by Crippen LogP contribution is 2.15. The second-order valence-electron chi connectivity index (χ2n) is 2.82. The number of rotatable bonds is 1. The third-order valence-corrected chi connectivity index (χ3v) is 1.98. The number of hydrogen-bond acceptors (Lipinski definition) is 3. The fraction of sp³-hybridized carbons (Fsp3) is 0.333. The zero-order valence-electron chi connectivity index (χ0n) is 7.12. The minimum Gasteiger partial charge on any atom is -0.377 e. The second-order valence-corrected chi connectivity index (χ2v) is 2.82. The zero-order valence-corrected chi connectivity index (χ0v) is 7.12. The van der Waals surface area contributed by atoms with Crippen molar-refractivity contribution in [2.45, 2.75) is 6.42 Å². The van der Waals surface area contributed by atoms with Crippen LogP contribution >= 0.6 is 0 Å². The highest BCUT2D eigenvalue weighted by atomic mass is 16.5. The van der Waals surface area contributed by atoms with Gasteiger partial charge in [-0.15, -0.1) is 0 Å². The molecule has 1 N–H and O–H groups in total. The van der Waals surface area contributed by atoms with Gasteiger partial charge in [0, 0.05) is 12.4 Å². The molecular weight excluding hydrogens is 168 g/mol. The lowest BCUT2D eigenvalue weighted by molar-refractivity contribution is 0.161.